The molecule has 3 aliphatic carbocycles. The zero-order valence-electron chi connectivity index (χ0n) is 9.81. The molecule has 2 atom stereocenters. The molecule has 3 rings (SSSR count). The summed E-state index contributed by atoms with van der Waals surface area (Å²) in [4.78, 5) is 12.1. The van der Waals surface area contributed by atoms with Crippen LogP contribution in [0.5, 0.6) is 0 Å². The number of carbonyl (C=O) groups is 1. The van der Waals surface area contributed by atoms with Crippen LogP contribution in [0, 0.1) is 17.3 Å². The lowest BCUT2D eigenvalue weighted by atomic mass is 9.53. The van der Waals surface area contributed by atoms with Gasteiger partial charge in [0, 0.05) is 6.42 Å². The number of carbonyl (C=O) groups excluding carboxylic acids is 1. The Morgan fingerprint density at radius 1 is 1.07 bits per heavy atom. The van der Waals surface area contributed by atoms with Crippen molar-refractivity contribution < 1.29 is 4.79 Å². The second-order valence-electron chi connectivity index (χ2n) is 6.38. The molecule has 0 aromatic heterocycles. The number of hydrogen-bond donors (Lipinski definition) is 0. The van der Waals surface area contributed by atoms with Gasteiger partial charge < -0.3 is 0 Å². The molecule has 0 saturated heterocycles. The summed E-state index contributed by atoms with van der Waals surface area (Å²) in [5.74, 6) is 1.96. The first-order valence-electron chi connectivity index (χ1n) is 6.35. The topological polar surface area (TPSA) is 17.1 Å². The summed E-state index contributed by atoms with van der Waals surface area (Å²) in [7, 11) is 0. The van der Waals surface area contributed by atoms with Crippen molar-refractivity contribution in [3.05, 3.63) is 11.1 Å². The van der Waals surface area contributed by atoms with Gasteiger partial charge in [-0.2, -0.15) is 0 Å². The molecule has 0 N–H and O–H groups in total. The third-order valence-corrected chi connectivity index (χ3v) is 4.54. The average Bonchev–Trinajstić information content (AvgIpc) is 2.13. The maximum absolute atomic E-state index is 12.1. The summed E-state index contributed by atoms with van der Waals surface area (Å²) in [5, 5.41) is 0. The highest BCUT2D eigenvalue weighted by Crippen LogP contribution is 2.56. The summed E-state index contributed by atoms with van der Waals surface area (Å²) in [5.41, 5.74) is 3.07. The van der Waals surface area contributed by atoms with Gasteiger partial charge in [-0.15, -0.1) is 0 Å². The Bertz CT molecular complexity index is 348. The Morgan fingerprint density at radius 2 is 1.73 bits per heavy atom. The minimum atomic E-state index is 0.234. The van der Waals surface area contributed by atoms with Crippen molar-refractivity contribution >= 4 is 5.78 Å². The molecule has 0 aromatic carbocycles. The Kier molecular flexibility index (Phi) is 1.90. The van der Waals surface area contributed by atoms with E-state index in [1.165, 1.54) is 37.7 Å². The van der Waals surface area contributed by atoms with E-state index in [4.69, 9.17) is 0 Å². The highest BCUT2D eigenvalue weighted by atomic mass is 16.1. The molecule has 0 amide bonds. The fraction of sp³-hybridized carbons (Fsp3) is 0.786. The van der Waals surface area contributed by atoms with E-state index >= 15 is 0 Å². The molecule has 0 bridgehead atoms. The third kappa shape index (κ3) is 1.32. The maximum Gasteiger partial charge on any atom is 0.159 e. The summed E-state index contributed by atoms with van der Waals surface area (Å²) in [6.07, 6.45) is 7.34. The first-order valence-corrected chi connectivity index (χ1v) is 6.35. The van der Waals surface area contributed by atoms with E-state index in [2.05, 4.69) is 13.8 Å². The van der Waals surface area contributed by atoms with E-state index < -0.39 is 0 Å². The summed E-state index contributed by atoms with van der Waals surface area (Å²) in [6.45, 7) is 4.48. The second-order valence-corrected chi connectivity index (χ2v) is 6.38. The van der Waals surface area contributed by atoms with E-state index in [1.54, 1.807) is 5.57 Å². The van der Waals surface area contributed by atoms with Crippen molar-refractivity contribution in [2.45, 2.75) is 52.4 Å². The van der Waals surface area contributed by atoms with E-state index in [1.807, 2.05) is 0 Å². The zero-order chi connectivity index (χ0) is 10.6. The summed E-state index contributed by atoms with van der Waals surface area (Å²) in [6, 6.07) is 0. The Hall–Kier alpha value is -0.590. The van der Waals surface area contributed by atoms with E-state index in [-0.39, 0.29) is 5.41 Å². The normalized spacial score (nSPS) is 38.1. The van der Waals surface area contributed by atoms with Crippen LogP contribution in [0.1, 0.15) is 52.4 Å². The van der Waals surface area contributed by atoms with Crippen molar-refractivity contribution in [1.82, 2.24) is 0 Å². The average molecular weight is 204 g/mol. The van der Waals surface area contributed by atoms with Crippen molar-refractivity contribution in [3.8, 4) is 0 Å². The van der Waals surface area contributed by atoms with Crippen LogP contribution in [0.25, 0.3) is 0 Å². The molecule has 1 heteroatoms. The van der Waals surface area contributed by atoms with Crippen LogP contribution in [0.2, 0.25) is 0 Å². The van der Waals surface area contributed by atoms with Gasteiger partial charge in [0.05, 0.1) is 0 Å². The molecule has 0 unspecified atom stereocenters. The standard InChI is InChI=1S/C14H20O/c1-14(2)7-11-9-5-3-4-6-10(9)13(11)12(15)8-14/h9-10H,3-8H2,1-2H3/t9-,10+/m0/s1. The van der Waals surface area contributed by atoms with Crippen LogP contribution in [0.4, 0.5) is 0 Å². The highest BCUT2D eigenvalue weighted by molar-refractivity contribution is 6.00. The quantitative estimate of drug-likeness (QED) is 0.590. The molecule has 0 heterocycles. The minimum Gasteiger partial charge on any atom is -0.295 e. The maximum atomic E-state index is 12.1. The number of allylic oxidation sites excluding steroid dienone is 2. The van der Waals surface area contributed by atoms with Crippen molar-refractivity contribution in [3.63, 3.8) is 0 Å². The molecule has 1 nitrogen and oxygen atoms in total. The molecular weight excluding hydrogens is 184 g/mol. The molecule has 0 radical (unpaired) electrons. The van der Waals surface area contributed by atoms with Gasteiger partial charge in [-0.05, 0) is 42.1 Å². The lowest BCUT2D eigenvalue weighted by Gasteiger charge is -2.50. The van der Waals surface area contributed by atoms with E-state index in [0.29, 0.717) is 11.7 Å². The van der Waals surface area contributed by atoms with Crippen LogP contribution in [-0.2, 0) is 4.79 Å². The first kappa shape index (κ1) is 9.62. The predicted molar refractivity (Wildman–Crippen MR) is 60.5 cm³/mol. The Labute approximate surface area is 91.9 Å². The Balaban J connectivity index is 1.94. The largest absolute Gasteiger partial charge is 0.295 e. The van der Waals surface area contributed by atoms with Gasteiger partial charge in [0.15, 0.2) is 5.78 Å². The number of Topliss-reactive ketones (excluding diaryl/α,β-unsaturated/α-hetero) is 1. The van der Waals surface area contributed by atoms with Crippen molar-refractivity contribution in [1.29, 1.82) is 0 Å². The monoisotopic (exact) mass is 204 g/mol. The van der Waals surface area contributed by atoms with Gasteiger partial charge >= 0.3 is 0 Å². The summed E-state index contributed by atoms with van der Waals surface area (Å²) >= 11 is 0. The van der Waals surface area contributed by atoms with Gasteiger partial charge in [-0.25, -0.2) is 0 Å². The van der Waals surface area contributed by atoms with Gasteiger partial charge in [-0.3, -0.25) is 4.79 Å². The van der Waals surface area contributed by atoms with Crippen molar-refractivity contribution in [2.24, 2.45) is 17.3 Å². The van der Waals surface area contributed by atoms with Gasteiger partial charge in [0.1, 0.15) is 0 Å². The molecular formula is C14H20O. The third-order valence-electron chi connectivity index (χ3n) is 4.54. The number of fused-ring (bicyclic) bond motifs is 3. The zero-order valence-corrected chi connectivity index (χ0v) is 9.81. The number of rotatable bonds is 0. The Morgan fingerprint density at radius 3 is 2.47 bits per heavy atom. The molecule has 82 valence electrons. The van der Waals surface area contributed by atoms with Crippen LogP contribution in [0.15, 0.2) is 11.1 Å². The SMILES string of the molecule is CC1(C)CC(=O)C2=C(C1)[C@H]1CCCC[C@@H]21. The predicted octanol–water partition coefficient (Wildman–Crippen LogP) is 3.49. The molecule has 1 fully saturated rings. The fourth-order valence-corrected chi connectivity index (χ4v) is 3.96. The molecule has 1 saturated carbocycles. The van der Waals surface area contributed by atoms with Crippen molar-refractivity contribution in [2.75, 3.05) is 0 Å². The van der Waals surface area contributed by atoms with Crippen LogP contribution in [-0.4, -0.2) is 5.78 Å². The smallest absolute Gasteiger partial charge is 0.159 e. The van der Waals surface area contributed by atoms with Gasteiger partial charge in [0.2, 0.25) is 0 Å². The number of hydrogen-bond acceptors (Lipinski definition) is 1. The second kappa shape index (κ2) is 2.96. The van der Waals surface area contributed by atoms with Gasteiger partial charge in [0.25, 0.3) is 0 Å². The van der Waals surface area contributed by atoms with Crippen LogP contribution in [0.3, 0.4) is 0 Å². The lowest BCUT2D eigenvalue weighted by Crippen LogP contribution is -2.43. The van der Waals surface area contributed by atoms with E-state index in [0.717, 1.165) is 12.3 Å². The molecule has 0 aliphatic heterocycles. The molecule has 3 aliphatic rings. The fourth-order valence-electron chi connectivity index (χ4n) is 3.96. The summed E-state index contributed by atoms with van der Waals surface area (Å²) < 4.78 is 0. The first-order chi connectivity index (χ1) is 7.08. The lowest BCUT2D eigenvalue weighted by molar-refractivity contribution is -0.120. The highest BCUT2D eigenvalue weighted by Gasteiger charge is 2.48. The molecule has 15 heavy (non-hydrogen) atoms. The molecule has 0 spiro atoms. The van der Waals surface area contributed by atoms with Gasteiger partial charge in [-0.1, -0.05) is 32.3 Å². The van der Waals surface area contributed by atoms with Crippen LogP contribution >= 0.6 is 0 Å². The van der Waals surface area contributed by atoms with Crippen LogP contribution < -0.4 is 0 Å². The molecule has 0 aromatic rings. The minimum absolute atomic E-state index is 0.234. The number of ketones is 1. The van der Waals surface area contributed by atoms with E-state index in [9.17, 15) is 4.79 Å².